The molecule has 6 nitrogen and oxygen atoms in total. The van der Waals surface area contributed by atoms with Gasteiger partial charge in [0, 0.05) is 12.1 Å². The molecule has 0 bridgehead atoms. The van der Waals surface area contributed by atoms with Gasteiger partial charge in [-0.15, -0.1) is 0 Å². The zero-order chi connectivity index (χ0) is 12.0. The normalized spacial score (nSPS) is 10.0. The zero-order valence-electron chi connectivity index (χ0n) is 8.58. The molecule has 0 fully saturated rings. The maximum atomic E-state index is 10.7. The average Bonchev–Trinajstić information content (AvgIpc) is 2.29. The van der Waals surface area contributed by atoms with Crippen molar-refractivity contribution in [2.24, 2.45) is 0 Å². The molecule has 0 spiro atoms. The molecule has 16 heavy (non-hydrogen) atoms. The third-order valence-corrected chi connectivity index (χ3v) is 1.77. The van der Waals surface area contributed by atoms with Crippen molar-refractivity contribution >= 4 is 11.8 Å². The highest BCUT2D eigenvalue weighted by Gasteiger charge is 2.13. The van der Waals surface area contributed by atoms with Crippen LogP contribution in [0.15, 0.2) is 18.2 Å². The molecule has 1 aromatic rings. The molecular weight excluding hydrogens is 210 g/mol. The largest absolute Gasteiger partial charge is 0.481 e. The van der Waals surface area contributed by atoms with Gasteiger partial charge >= 0.3 is 0 Å². The minimum Gasteiger partial charge on any atom is -0.481 e. The third-order valence-electron chi connectivity index (χ3n) is 1.77. The lowest BCUT2D eigenvalue weighted by Gasteiger charge is -2.00. The molecule has 0 saturated carbocycles. The third kappa shape index (κ3) is 2.78. The van der Waals surface area contributed by atoms with E-state index < -0.39 is 4.92 Å². The molecule has 1 rings (SSSR count). The summed E-state index contributed by atoms with van der Waals surface area (Å²) in [5.74, 6) is 0.294. The summed E-state index contributed by atoms with van der Waals surface area (Å²) < 4.78 is 4.86. The van der Waals surface area contributed by atoms with E-state index in [-0.39, 0.29) is 17.8 Å². The summed E-state index contributed by atoms with van der Waals surface area (Å²) in [5.41, 5.74) is 0.0644. The van der Waals surface area contributed by atoms with Gasteiger partial charge < -0.3 is 4.74 Å². The van der Waals surface area contributed by atoms with Gasteiger partial charge in [-0.3, -0.25) is 10.1 Å². The number of pyridine rings is 1. The number of ether oxygens (including phenoxy) is 1. The van der Waals surface area contributed by atoms with E-state index in [0.29, 0.717) is 5.88 Å². The summed E-state index contributed by atoms with van der Waals surface area (Å²) in [5, 5.41) is 19.0. The van der Waals surface area contributed by atoms with Crippen molar-refractivity contribution in [3.05, 3.63) is 34.0 Å². The molecule has 1 heterocycles. The first-order chi connectivity index (χ1) is 7.69. The van der Waals surface area contributed by atoms with Crippen LogP contribution in [0.5, 0.6) is 5.88 Å². The SMILES string of the molecule is COc1ccc([N+](=O)[O-])c(C=CCC#N)n1. The second-order valence-corrected chi connectivity index (χ2v) is 2.78. The van der Waals surface area contributed by atoms with Gasteiger partial charge in [-0.25, -0.2) is 4.98 Å². The maximum Gasteiger partial charge on any atom is 0.295 e. The van der Waals surface area contributed by atoms with Crippen LogP contribution in [0.2, 0.25) is 0 Å². The topological polar surface area (TPSA) is 89.0 Å². The average molecular weight is 219 g/mol. The molecule has 0 amide bonds. The Morgan fingerprint density at radius 3 is 3.00 bits per heavy atom. The van der Waals surface area contributed by atoms with Crippen LogP contribution in [0, 0.1) is 21.4 Å². The van der Waals surface area contributed by atoms with Crippen molar-refractivity contribution in [3.8, 4) is 11.9 Å². The first-order valence-corrected chi connectivity index (χ1v) is 4.42. The van der Waals surface area contributed by atoms with Crippen LogP contribution in [-0.2, 0) is 0 Å². The molecule has 0 saturated heterocycles. The number of rotatable bonds is 4. The lowest BCUT2D eigenvalue weighted by atomic mass is 10.2. The minimum atomic E-state index is -0.529. The van der Waals surface area contributed by atoms with E-state index in [1.54, 1.807) is 0 Å². The molecule has 0 N–H and O–H groups in total. The summed E-state index contributed by atoms with van der Waals surface area (Å²) >= 11 is 0. The van der Waals surface area contributed by atoms with Crippen LogP contribution in [0.25, 0.3) is 6.08 Å². The van der Waals surface area contributed by atoms with Gasteiger partial charge in [0.25, 0.3) is 5.69 Å². The summed E-state index contributed by atoms with van der Waals surface area (Å²) in [4.78, 5) is 14.1. The number of allylic oxidation sites excluding steroid dienone is 1. The van der Waals surface area contributed by atoms with Gasteiger partial charge in [0.05, 0.1) is 24.5 Å². The van der Waals surface area contributed by atoms with Crippen molar-refractivity contribution in [2.75, 3.05) is 7.11 Å². The summed E-state index contributed by atoms with van der Waals surface area (Å²) in [7, 11) is 1.43. The van der Waals surface area contributed by atoms with Crippen LogP contribution in [0.1, 0.15) is 12.1 Å². The Bertz CT molecular complexity index is 463. The van der Waals surface area contributed by atoms with Crippen LogP contribution in [0.4, 0.5) is 5.69 Å². The van der Waals surface area contributed by atoms with Crippen molar-refractivity contribution in [1.29, 1.82) is 5.26 Å². The number of hydrogen-bond donors (Lipinski definition) is 0. The number of nitro groups is 1. The van der Waals surface area contributed by atoms with E-state index in [1.165, 1.54) is 31.4 Å². The van der Waals surface area contributed by atoms with Gasteiger partial charge in [0.2, 0.25) is 5.88 Å². The smallest absolute Gasteiger partial charge is 0.295 e. The zero-order valence-corrected chi connectivity index (χ0v) is 8.58. The fourth-order valence-electron chi connectivity index (χ4n) is 1.06. The number of hydrogen-bond acceptors (Lipinski definition) is 5. The minimum absolute atomic E-state index is 0.116. The standard InChI is InChI=1S/C10H9N3O3/c1-16-10-6-5-9(13(14)15)8(12-10)4-2-3-7-11/h2,4-6H,3H2,1H3. The first-order valence-electron chi connectivity index (χ1n) is 4.42. The predicted molar refractivity (Wildman–Crippen MR) is 56.7 cm³/mol. The maximum absolute atomic E-state index is 10.7. The number of nitrogens with zero attached hydrogens (tertiary/aromatic N) is 3. The Morgan fingerprint density at radius 2 is 2.44 bits per heavy atom. The molecule has 0 aliphatic heterocycles. The van der Waals surface area contributed by atoms with Crippen LogP contribution in [0.3, 0.4) is 0 Å². The predicted octanol–water partition coefficient (Wildman–Crippen LogP) is 1.93. The van der Waals surface area contributed by atoms with Gasteiger partial charge in [0.15, 0.2) is 0 Å². The molecule has 0 unspecified atom stereocenters. The lowest BCUT2D eigenvalue weighted by molar-refractivity contribution is -0.385. The van der Waals surface area contributed by atoms with Crippen molar-refractivity contribution in [2.45, 2.75) is 6.42 Å². The Labute approximate surface area is 91.9 Å². The Morgan fingerprint density at radius 1 is 1.69 bits per heavy atom. The highest BCUT2D eigenvalue weighted by Crippen LogP contribution is 2.21. The Kier molecular flexibility index (Phi) is 3.98. The van der Waals surface area contributed by atoms with E-state index in [9.17, 15) is 10.1 Å². The van der Waals surface area contributed by atoms with E-state index in [1.807, 2.05) is 6.07 Å². The molecule has 0 atom stereocenters. The highest BCUT2D eigenvalue weighted by atomic mass is 16.6. The Balaban J connectivity index is 3.11. The monoisotopic (exact) mass is 219 g/mol. The summed E-state index contributed by atoms with van der Waals surface area (Å²) in [6, 6.07) is 4.63. The molecule has 0 aromatic carbocycles. The van der Waals surface area contributed by atoms with Crippen molar-refractivity contribution in [1.82, 2.24) is 4.98 Å². The van der Waals surface area contributed by atoms with Crippen LogP contribution < -0.4 is 4.74 Å². The lowest BCUT2D eigenvalue weighted by Crippen LogP contribution is -1.96. The quantitative estimate of drug-likeness (QED) is 0.570. The van der Waals surface area contributed by atoms with Crippen molar-refractivity contribution in [3.63, 3.8) is 0 Å². The molecule has 0 aliphatic rings. The van der Waals surface area contributed by atoms with Gasteiger partial charge in [-0.1, -0.05) is 6.08 Å². The molecule has 0 aliphatic carbocycles. The first kappa shape index (κ1) is 11.7. The molecule has 6 heteroatoms. The van der Waals surface area contributed by atoms with Crippen molar-refractivity contribution < 1.29 is 9.66 Å². The Hall–Kier alpha value is -2.42. The number of nitriles is 1. The van der Waals surface area contributed by atoms with E-state index in [4.69, 9.17) is 10.00 Å². The van der Waals surface area contributed by atoms with E-state index >= 15 is 0 Å². The van der Waals surface area contributed by atoms with Gasteiger partial charge in [0.1, 0.15) is 5.69 Å². The summed E-state index contributed by atoms with van der Waals surface area (Å²) in [6.45, 7) is 0. The fourth-order valence-corrected chi connectivity index (χ4v) is 1.06. The second-order valence-electron chi connectivity index (χ2n) is 2.78. The number of methoxy groups -OCH3 is 1. The molecule has 1 aromatic heterocycles. The summed E-state index contributed by atoms with van der Waals surface area (Å²) in [6.07, 6.45) is 3.12. The second kappa shape index (κ2) is 5.46. The fraction of sp³-hybridized carbons (Fsp3) is 0.200. The molecule has 0 radical (unpaired) electrons. The number of aromatic nitrogens is 1. The highest BCUT2D eigenvalue weighted by molar-refractivity contribution is 5.57. The van der Waals surface area contributed by atoms with E-state index in [0.717, 1.165) is 0 Å². The van der Waals surface area contributed by atoms with Crippen LogP contribution >= 0.6 is 0 Å². The van der Waals surface area contributed by atoms with Gasteiger partial charge in [-0.05, 0) is 6.08 Å². The van der Waals surface area contributed by atoms with Crippen LogP contribution in [-0.4, -0.2) is 17.0 Å². The molecule has 82 valence electrons. The van der Waals surface area contributed by atoms with Gasteiger partial charge in [-0.2, -0.15) is 5.26 Å². The molecular formula is C10H9N3O3. The van der Waals surface area contributed by atoms with E-state index in [2.05, 4.69) is 4.98 Å².